The van der Waals surface area contributed by atoms with Crippen LogP contribution in [0, 0.1) is 0 Å². The Labute approximate surface area is 208 Å². The lowest BCUT2D eigenvalue weighted by atomic mass is 9.88. The first-order valence-electron chi connectivity index (χ1n) is 12.1. The number of esters is 1. The van der Waals surface area contributed by atoms with E-state index in [1.807, 2.05) is 73.8 Å². The molecule has 1 N–H and O–H groups in total. The van der Waals surface area contributed by atoms with Gasteiger partial charge in [-0.25, -0.2) is 0 Å². The SMILES string of the molecule is CCC(=C(c1ccc(OCC(O)CN(C)CC)cc1)c1ccc(OC(C)=O)cc1)c1ccccc1. The van der Waals surface area contributed by atoms with Gasteiger partial charge in [-0.3, -0.25) is 4.79 Å². The second-order valence-electron chi connectivity index (χ2n) is 8.54. The molecule has 3 rings (SSSR count). The van der Waals surface area contributed by atoms with Crippen molar-refractivity contribution in [1.82, 2.24) is 4.90 Å². The van der Waals surface area contributed by atoms with Gasteiger partial charge in [-0.1, -0.05) is 68.4 Å². The van der Waals surface area contributed by atoms with Crippen molar-refractivity contribution in [2.24, 2.45) is 0 Å². The van der Waals surface area contributed by atoms with Gasteiger partial charge in [0.25, 0.3) is 0 Å². The molecule has 0 fully saturated rings. The maximum Gasteiger partial charge on any atom is 0.308 e. The van der Waals surface area contributed by atoms with Crippen molar-refractivity contribution < 1.29 is 19.4 Å². The molecule has 0 amide bonds. The molecular formula is C30H35NO4. The van der Waals surface area contributed by atoms with E-state index >= 15 is 0 Å². The number of benzene rings is 3. The molecule has 35 heavy (non-hydrogen) atoms. The molecule has 184 valence electrons. The molecule has 1 unspecified atom stereocenters. The van der Waals surface area contributed by atoms with Crippen molar-refractivity contribution in [3.8, 4) is 11.5 Å². The molecule has 1 atom stereocenters. The molecule has 5 heteroatoms. The summed E-state index contributed by atoms with van der Waals surface area (Å²) >= 11 is 0. The van der Waals surface area contributed by atoms with E-state index in [1.165, 1.54) is 12.5 Å². The Morgan fingerprint density at radius 1 is 0.857 bits per heavy atom. The number of ether oxygens (including phenoxy) is 2. The van der Waals surface area contributed by atoms with E-state index in [0.29, 0.717) is 18.0 Å². The fourth-order valence-corrected chi connectivity index (χ4v) is 3.99. The average Bonchev–Trinajstić information content (AvgIpc) is 2.87. The van der Waals surface area contributed by atoms with E-state index < -0.39 is 6.10 Å². The van der Waals surface area contributed by atoms with E-state index in [4.69, 9.17) is 9.47 Å². The average molecular weight is 474 g/mol. The minimum Gasteiger partial charge on any atom is -0.491 e. The van der Waals surface area contributed by atoms with Crippen LogP contribution in [0.4, 0.5) is 0 Å². The summed E-state index contributed by atoms with van der Waals surface area (Å²) in [5.41, 5.74) is 5.59. The topological polar surface area (TPSA) is 59.0 Å². The summed E-state index contributed by atoms with van der Waals surface area (Å²) in [4.78, 5) is 13.4. The Morgan fingerprint density at radius 2 is 1.43 bits per heavy atom. The van der Waals surface area contributed by atoms with Gasteiger partial charge in [-0.2, -0.15) is 0 Å². The molecule has 0 saturated heterocycles. The number of likely N-dealkylation sites (N-methyl/N-ethyl adjacent to an activating group) is 1. The van der Waals surface area contributed by atoms with E-state index in [9.17, 15) is 9.90 Å². The summed E-state index contributed by atoms with van der Waals surface area (Å²) in [5.74, 6) is 0.901. The molecule has 0 saturated carbocycles. The van der Waals surface area contributed by atoms with E-state index in [2.05, 4.69) is 30.9 Å². The Bertz CT molecular complexity index is 1110. The highest BCUT2D eigenvalue weighted by molar-refractivity contribution is 5.98. The number of hydrogen-bond acceptors (Lipinski definition) is 5. The quantitative estimate of drug-likeness (QED) is 0.221. The Morgan fingerprint density at radius 3 is 1.94 bits per heavy atom. The standard InChI is InChI=1S/C30H35NO4/c1-5-29(23-10-8-7-9-11-23)30(25-14-18-28(19-15-25)35-22(3)32)24-12-16-27(17-13-24)34-21-26(33)20-31(4)6-2/h7-19,26,33H,5-6,20-21H2,1-4H3. The number of nitrogens with zero attached hydrogens (tertiary/aromatic N) is 1. The van der Waals surface area contributed by atoms with Gasteiger partial charge in [-0.15, -0.1) is 0 Å². The summed E-state index contributed by atoms with van der Waals surface area (Å²) in [7, 11) is 1.97. The first-order valence-corrected chi connectivity index (χ1v) is 12.1. The molecule has 0 aromatic heterocycles. The summed E-state index contributed by atoms with van der Waals surface area (Å²) in [5, 5.41) is 10.2. The van der Waals surface area contributed by atoms with Crippen molar-refractivity contribution in [1.29, 1.82) is 0 Å². The van der Waals surface area contributed by atoms with Crippen molar-refractivity contribution in [3.63, 3.8) is 0 Å². The molecule has 5 nitrogen and oxygen atoms in total. The van der Waals surface area contributed by atoms with Gasteiger partial charge in [0.15, 0.2) is 0 Å². The second-order valence-corrected chi connectivity index (χ2v) is 8.54. The van der Waals surface area contributed by atoms with Crippen molar-refractivity contribution >= 4 is 17.1 Å². The smallest absolute Gasteiger partial charge is 0.308 e. The summed E-state index contributed by atoms with van der Waals surface area (Å²) in [6.45, 7) is 7.30. The Kier molecular flexibility index (Phi) is 9.65. The molecule has 0 aliphatic carbocycles. The van der Waals surface area contributed by atoms with E-state index in [0.717, 1.165) is 35.2 Å². The zero-order valence-corrected chi connectivity index (χ0v) is 21.0. The molecule has 3 aromatic rings. The summed E-state index contributed by atoms with van der Waals surface area (Å²) < 4.78 is 11.1. The van der Waals surface area contributed by atoms with E-state index in [-0.39, 0.29) is 12.6 Å². The third kappa shape index (κ3) is 7.54. The maximum atomic E-state index is 11.3. The predicted octanol–water partition coefficient (Wildman–Crippen LogP) is 5.67. The van der Waals surface area contributed by atoms with Gasteiger partial charge < -0.3 is 19.5 Å². The van der Waals surface area contributed by atoms with Crippen LogP contribution >= 0.6 is 0 Å². The summed E-state index contributed by atoms with van der Waals surface area (Å²) in [6, 6.07) is 25.9. The van der Waals surface area contributed by atoms with Crippen LogP contribution in [0.1, 0.15) is 43.9 Å². The molecule has 0 spiro atoms. The molecular weight excluding hydrogens is 438 g/mol. The van der Waals surface area contributed by atoms with E-state index in [1.54, 1.807) is 0 Å². The van der Waals surface area contributed by atoms with Crippen LogP contribution in [0.2, 0.25) is 0 Å². The monoisotopic (exact) mass is 473 g/mol. The molecule has 0 bridgehead atoms. The van der Waals surface area contributed by atoms with Crippen LogP contribution in [0.3, 0.4) is 0 Å². The lowest BCUT2D eigenvalue weighted by Crippen LogP contribution is -2.32. The number of hydrogen-bond donors (Lipinski definition) is 1. The fraction of sp³-hybridized carbons (Fsp3) is 0.300. The van der Waals surface area contributed by atoms with Gasteiger partial charge in [0.05, 0.1) is 0 Å². The molecule has 0 aliphatic heterocycles. The Hall–Kier alpha value is -3.41. The van der Waals surface area contributed by atoms with Crippen molar-refractivity contribution in [2.75, 3.05) is 26.7 Å². The third-order valence-corrected chi connectivity index (χ3v) is 5.83. The lowest BCUT2D eigenvalue weighted by molar-refractivity contribution is -0.131. The predicted molar refractivity (Wildman–Crippen MR) is 142 cm³/mol. The van der Waals surface area contributed by atoms with Crippen LogP contribution in [0.5, 0.6) is 11.5 Å². The van der Waals surface area contributed by atoms with Gasteiger partial charge in [0, 0.05) is 13.5 Å². The number of carbonyl (C=O) groups excluding carboxylic acids is 1. The first-order chi connectivity index (χ1) is 16.9. The highest BCUT2D eigenvalue weighted by Crippen LogP contribution is 2.35. The minimum absolute atomic E-state index is 0.244. The molecule has 0 heterocycles. The van der Waals surface area contributed by atoms with Crippen LogP contribution in [0.15, 0.2) is 78.9 Å². The van der Waals surface area contributed by atoms with Crippen molar-refractivity contribution in [3.05, 3.63) is 95.6 Å². The minimum atomic E-state index is -0.546. The number of aliphatic hydroxyl groups excluding tert-OH is 1. The lowest BCUT2D eigenvalue weighted by Gasteiger charge is -2.19. The Balaban J connectivity index is 1.92. The van der Waals surface area contributed by atoms with Crippen LogP contribution in [-0.2, 0) is 4.79 Å². The van der Waals surface area contributed by atoms with Crippen LogP contribution in [-0.4, -0.2) is 48.8 Å². The van der Waals surface area contributed by atoms with Crippen LogP contribution < -0.4 is 9.47 Å². The normalized spacial score (nSPS) is 12.7. The zero-order chi connectivity index (χ0) is 25.2. The number of carbonyl (C=O) groups is 1. The van der Waals surface area contributed by atoms with Gasteiger partial charge >= 0.3 is 5.97 Å². The molecule has 0 aliphatic rings. The largest absolute Gasteiger partial charge is 0.491 e. The first kappa shape index (κ1) is 26.2. The number of rotatable bonds is 11. The van der Waals surface area contributed by atoms with Crippen LogP contribution in [0.25, 0.3) is 11.1 Å². The maximum absolute atomic E-state index is 11.3. The highest BCUT2D eigenvalue weighted by atomic mass is 16.5. The van der Waals surface area contributed by atoms with Crippen molar-refractivity contribution in [2.45, 2.75) is 33.3 Å². The summed E-state index contributed by atoms with van der Waals surface area (Å²) in [6.07, 6.45) is 0.302. The number of aliphatic hydroxyl groups is 1. The highest BCUT2D eigenvalue weighted by Gasteiger charge is 2.14. The van der Waals surface area contributed by atoms with Gasteiger partial charge in [-0.05, 0) is 72.1 Å². The fourth-order valence-electron chi connectivity index (χ4n) is 3.99. The third-order valence-electron chi connectivity index (χ3n) is 5.83. The zero-order valence-electron chi connectivity index (χ0n) is 21.0. The number of allylic oxidation sites excluding steroid dienone is 1. The second kappa shape index (κ2) is 12.9. The molecule has 3 aromatic carbocycles. The van der Waals surface area contributed by atoms with Gasteiger partial charge in [0.1, 0.15) is 24.2 Å². The van der Waals surface area contributed by atoms with Gasteiger partial charge in [0.2, 0.25) is 0 Å². The molecule has 0 radical (unpaired) electrons.